The number of sulfonamides is 1. The molecule has 3 N–H and O–H groups in total. The number of carbonyl (C=O) groups excluding carboxylic acids is 1. The molecule has 0 fully saturated rings. The summed E-state index contributed by atoms with van der Waals surface area (Å²) in [5, 5.41) is 0. The van der Waals surface area contributed by atoms with Gasteiger partial charge in [-0.2, -0.15) is 0 Å². The van der Waals surface area contributed by atoms with E-state index in [1.165, 1.54) is 6.07 Å². The molecule has 0 aliphatic rings. The van der Waals surface area contributed by atoms with Crippen molar-refractivity contribution in [2.75, 3.05) is 13.2 Å². The van der Waals surface area contributed by atoms with Crippen LogP contribution in [0.3, 0.4) is 0 Å². The van der Waals surface area contributed by atoms with Gasteiger partial charge >= 0.3 is 6.09 Å². The van der Waals surface area contributed by atoms with Crippen LogP contribution in [0.25, 0.3) is 0 Å². The molecule has 1 aromatic rings. The number of aryl methyl sites for hydroxylation is 1. The Hall–Kier alpha value is -1.60. The van der Waals surface area contributed by atoms with Crippen molar-refractivity contribution in [2.45, 2.75) is 11.8 Å². The van der Waals surface area contributed by atoms with E-state index in [2.05, 4.69) is 9.46 Å². The maximum absolute atomic E-state index is 11.8. The number of primary amides is 1. The second-order valence-electron chi connectivity index (χ2n) is 3.33. The van der Waals surface area contributed by atoms with Crippen LogP contribution in [-0.2, 0) is 14.8 Å². The molecule has 1 rings (SSSR count). The molecule has 94 valence electrons. The summed E-state index contributed by atoms with van der Waals surface area (Å²) in [6.07, 6.45) is -0.930. The minimum absolute atomic E-state index is 0.0143. The molecule has 6 nitrogen and oxygen atoms in total. The fourth-order valence-corrected chi connectivity index (χ4v) is 2.52. The average molecular weight is 258 g/mol. The van der Waals surface area contributed by atoms with E-state index >= 15 is 0 Å². The zero-order chi connectivity index (χ0) is 12.9. The van der Waals surface area contributed by atoms with Crippen molar-refractivity contribution in [2.24, 2.45) is 5.73 Å². The predicted molar refractivity (Wildman–Crippen MR) is 61.9 cm³/mol. The third-order valence-corrected chi connectivity index (χ3v) is 3.64. The van der Waals surface area contributed by atoms with Crippen LogP contribution in [-0.4, -0.2) is 27.7 Å². The molecule has 7 heteroatoms. The summed E-state index contributed by atoms with van der Waals surface area (Å²) >= 11 is 0. The molecule has 0 saturated carbocycles. The Balaban J connectivity index is 2.64. The molecule has 0 saturated heterocycles. The van der Waals surface area contributed by atoms with Crippen molar-refractivity contribution >= 4 is 16.1 Å². The molecule has 17 heavy (non-hydrogen) atoms. The Morgan fingerprint density at radius 2 is 2.06 bits per heavy atom. The first kappa shape index (κ1) is 13.5. The summed E-state index contributed by atoms with van der Waals surface area (Å²) in [4.78, 5) is 10.5. The maximum atomic E-state index is 11.8. The average Bonchev–Trinajstić information content (AvgIpc) is 2.24. The van der Waals surface area contributed by atoms with E-state index in [0.29, 0.717) is 5.56 Å². The molecule has 1 amide bonds. The van der Waals surface area contributed by atoms with E-state index < -0.39 is 16.1 Å². The molecule has 0 aromatic heterocycles. The van der Waals surface area contributed by atoms with Crippen molar-refractivity contribution < 1.29 is 17.9 Å². The number of rotatable bonds is 5. The number of amides is 1. The fraction of sp³-hybridized carbons (Fsp3) is 0.300. The molecular weight excluding hydrogens is 244 g/mol. The van der Waals surface area contributed by atoms with E-state index in [9.17, 15) is 13.2 Å². The number of carbonyl (C=O) groups is 1. The lowest BCUT2D eigenvalue weighted by Gasteiger charge is -2.08. The van der Waals surface area contributed by atoms with Crippen LogP contribution in [0.15, 0.2) is 29.2 Å². The van der Waals surface area contributed by atoms with Gasteiger partial charge in [-0.15, -0.1) is 0 Å². The van der Waals surface area contributed by atoms with E-state index in [-0.39, 0.29) is 18.0 Å². The SMILES string of the molecule is Cc1ccccc1S(=O)(=O)NCCOC(N)=O. The first-order chi connectivity index (χ1) is 7.93. The Morgan fingerprint density at radius 1 is 1.41 bits per heavy atom. The second-order valence-corrected chi connectivity index (χ2v) is 5.07. The maximum Gasteiger partial charge on any atom is 0.404 e. The second kappa shape index (κ2) is 5.65. The van der Waals surface area contributed by atoms with Crippen LogP contribution in [0.5, 0.6) is 0 Å². The van der Waals surface area contributed by atoms with Crippen LogP contribution < -0.4 is 10.5 Å². The Bertz CT molecular complexity index is 499. The fourth-order valence-electron chi connectivity index (χ4n) is 1.26. The third kappa shape index (κ3) is 4.04. The van der Waals surface area contributed by atoms with Crippen LogP contribution in [0, 0.1) is 6.92 Å². The van der Waals surface area contributed by atoms with E-state index in [1.54, 1.807) is 25.1 Å². The Labute approximate surface area is 99.8 Å². The lowest BCUT2D eigenvalue weighted by molar-refractivity contribution is 0.159. The van der Waals surface area contributed by atoms with Gasteiger partial charge in [0.25, 0.3) is 0 Å². The number of nitrogens with two attached hydrogens (primary N) is 1. The first-order valence-corrected chi connectivity index (χ1v) is 6.39. The number of benzene rings is 1. The number of ether oxygens (including phenoxy) is 1. The van der Waals surface area contributed by atoms with Gasteiger partial charge in [0, 0.05) is 6.54 Å². The summed E-state index contributed by atoms with van der Waals surface area (Å²) in [5.41, 5.74) is 5.39. The molecule has 0 radical (unpaired) electrons. The number of hydrogen-bond donors (Lipinski definition) is 2. The van der Waals surface area contributed by atoms with Gasteiger partial charge in [-0.1, -0.05) is 18.2 Å². The minimum Gasteiger partial charge on any atom is -0.448 e. The van der Waals surface area contributed by atoms with Crippen molar-refractivity contribution in [1.82, 2.24) is 4.72 Å². The van der Waals surface area contributed by atoms with Crippen molar-refractivity contribution in [3.8, 4) is 0 Å². The molecule has 1 aromatic carbocycles. The molecule has 0 heterocycles. The summed E-state index contributed by atoms with van der Waals surface area (Å²) in [6, 6.07) is 6.60. The van der Waals surface area contributed by atoms with Gasteiger partial charge in [0.2, 0.25) is 10.0 Å². The van der Waals surface area contributed by atoms with Crippen molar-refractivity contribution in [3.05, 3.63) is 29.8 Å². The zero-order valence-electron chi connectivity index (χ0n) is 9.34. The number of nitrogens with one attached hydrogen (secondary N) is 1. The minimum atomic E-state index is -3.57. The van der Waals surface area contributed by atoms with Crippen LogP contribution in [0.2, 0.25) is 0 Å². The van der Waals surface area contributed by atoms with Gasteiger partial charge in [0.1, 0.15) is 6.61 Å². The molecule has 0 bridgehead atoms. The topological polar surface area (TPSA) is 98.5 Å². The Kier molecular flexibility index (Phi) is 4.47. The largest absolute Gasteiger partial charge is 0.448 e. The predicted octanol–water partition coefficient (Wildman–Crippen LogP) is 0.369. The van der Waals surface area contributed by atoms with Crippen LogP contribution in [0.4, 0.5) is 4.79 Å². The van der Waals surface area contributed by atoms with Crippen LogP contribution >= 0.6 is 0 Å². The summed E-state index contributed by atoms with van der Waals surface area (Å²) in [6.45, 7) is 1.59. The van der Waals surface area contributed by atoms with Gasteiger partial charge in [-0.3, -0.25) is 0 Å². The Morgan fingerprint density at radius 3 is 2.65 bits per heavy atom. The van der Waals surface area contributed by atoms with Gasteiger partial charge in [0.15, 0.2) is 0 Å². The third-order valence-electron chi connectivity index (χ3n) is 2.02. The van der Waals surface area contributed by atoms with Gasteiger partial charge in [-0.05, 0) is 18.6 Å². The lowest BCUT2D eigenvalue weighted by atomic mass is 10.2. The summed E-state index contributed by atoms with van der Waals surface area (Å²) in [5.74, 6) is 0. The first-order valence-electron chi connectivity index (χ1n) is 4.91. The van der Waals surface area contributed by atoms with Crippen molar-refractivity contribution in [3.63, 3.8) is 0 Å². The standard InChI is InChI=1S/C10H14N2O4S/c1-8-4-2-3-5-9(8)17(14,15)12-6-7-16-10(11)13/h2-5,12H,6-7H2,1H3,(H2,11,13). The van der Waals surface area contributed by atoms with Crippen molar-refractivity contribution in [1.29, 1.82) is 0 Å². The van der Waals surface area contributed by atoms with Crippen LogP contribution in [0.1, 0.15) is 5.56 Å². The molecule has 0 spiro atoms. The highest BCUT2D eigenvalue weighted by Gasteiger charge is 2.15. The summed E-state index contributed by atoms with van der Waals surface area (Å²) < 4.78 is 30.4. The van der Waals surface area contributed by atoms with E-state index in [4.69, 9.17) is 5.73 Å². The lowest BCUT2D eigenvalue weighted by Crippen LogP contribution is -2.29. The van der Waals surface area contributed by atoms with Gasteiger partial charge in [0.05, 0.1) is 4.90 Å². The normalized spacial score (nSPS) is 11.1. The molecule has 0 aliphatic heterocycles. The molecule has 0 atom stereocenters. The highest BCUT2D eigenvalue weighted by Crippen LogP contribution is 2.13. The van der Waals surface area contributed by atoms with E-state index in [1.807, 2.05) is 0 Å². The zero-order valence-corrected chi connectivity index (χ0v) is 10.2. The number of hydrogen-bond acceptors (Lipinski definition) is 4. The highest BCUT2D eigenvalue weighted by atomic mass is 32.2. The van der Waals surface area contributed by atoms with Gasteiger partial charge in [-0.25, -0.2) is 17.9 Å². The molecule has 0 aliphatic carbocycles. The monoisotopic (exact) mass is 258 g/mol. The highest BCUT2D eigenvalue weighted by molar-refractivity contribution is 7.89. The summed E-state index contributed by atoms with van der Waals surface area (Å²) in [7, 11) is -3.57. The smallest absolute Gasteiger partial charge is 0.404 e. The molecule has 0 unspecified atom stereocenters. The van der Waals surface area contributed by atoms with Gasteiger partial charge < -0.3 is 10.5 Å². The van der Waals surface area contributed by atoms with E-state index in [0.717, 1.165) is 0 Å². The quantitative estimate of drug-likeness (QED) is 0.745. The molecular formula is C10H14N2O4S.